The molecule has 0 fully saturated rings. The van der Waals surface area contributed by atoms with Crippen LogP contribution in [0.2, 0.25) is 0 Å². The van der Waals surface area contributed by atoms with Crippen molar-refractivity contribution in [3.05, 3.63) is 48.8 Å². The molecule has 0 radical (unpaired) electrons. The Morgan fingerprint density at radius 3 is 2.85 bits per heavy atom. The van der Waals surface area contributed by atoms with Crippen LogP contribution in [-0.4, -0.2) is 27.8 Å². The zero-order valence-corrected chi connectivity index (χ0v) is 11.4. The van der Waals surface area contributed by atoms with Crippen molar-refractivity contribution in [1.82, 2.24) is 9.55 Å². The van der Waals surface area contributed by atoms with Crippen molar-refractivity contribution < 1.29 is 5.11 Å². The van der Waals surface area contributed by atoms with E-state index in [0.717, 1.165) is 16.9 Å². The third-order valence-corrected chi connectivity index (χ3v) is 3.43. The Balaban J connectivity index is 2.04. The van der Waals surface area contributed by atoms with Gasteiger partial charge in [0, 0.05) is 42.5 Å². The van der Waals surface area contributed by atoms with Gasteiger partial charge >= 0.3 is 0 Å². The van der Waals surface area contributed by atoms with E-state index >= 15 is 0 Å². The van der Waals surface area contributed by atoms with Gasteiger partial charge in [-0.25, -0.2) is 0 Å². The minimum atomic E-state index is 0.109. The van der Waals surface area contributed by atoms with Crippen LogP contribution in [0.4, 0.5) is 5.69 Å². The average molecular weight is 267 g/mol. The normalized spacial score (nSPS) is 10.9. The smallest absolute Gasteiger partial charge is 0.0604 e. The molecule has 0 bridgehead atoms. The number of aliphatic hydroxyl groups is 1. The summed E-state index contributed by atoms with van der Waals surface area (Å²) in [6.45, 7) is 0.637. The lowest BCUT2D eigenvalue weighted by Crippen LogP contribution is -2.05. The Kier molecular flexibility index (Phi) is 3.39. The van der Waals surface area contributed by atoms with E-state index in [9.17, 15) is 0 Å². The van der Waals surface area contributed by atoms with Crippen LogP contribution in [0.1, 0.15) is 0 Å². The first-order valence-corrected chi connectivity index (χ1v) is 6.64. The number of aryl methyl sites for hydroxylation is 1. The number of pyridine rings is 1. The van der Waals surface area contributed by atoms with E-state index in [4.69, 9.17) is 5.11 Å². The predicted molar refractivity (Wildman–Crippen MR) is 81.7 cm³/mol. The van der Waals surface area contributed by atoms with Crippen molar-refractivity contribution in [1.29, 1.82) is 0 Å². The molecule has 0 amide bonds. The molecule has 1 aromatic carbocycles. The van der Waals surface area contributed by atoms with Crippen LogP contribution in [0.5, 0.6) is 0 Å². The molecule has 0 saturated heterocycles. The molecule has 4 heteroatoms. The van der Waals surface area contributed by atoms with E-state index < -0.39 is 0 Å². The van der Waals surface area contributed by atoms with Crippen molar-refractivity contribution in [3.63, 3.8) is 0 Å². The number of fused-ring (bicyclic) bond motifs is 1. The predicted octanol–water partition coefficient (Wildman–Crippen LogP) is 2.64. The number of rotatable bonds is 4. The Morgan fingerprint density at radius 1 is 1.20 bits per heavy atom. The summed E-state index contributed by atoms with van der Waals surface area (Å²) in [5.41, 5.74) is 4.32. The Morgan fingerprint density at radius 2 is 2.05 bits per heavy atom. The fourth-order valence-corrected chi connectivity index (χ4v) is 2.44. The van der Waals surface area contributed by atoms with Gasteiger partial charge in [0.1, 0.15) is 0 Å². The van der Waals surface area contributed by atoms with Crippen LogP contribution >= 0.6 is 0 Å². The fraction of sp³-hybridized carbons (Fsp3) is 0.188. The first kappa shape index (κ1) is 12.7. The summed E-state index contributed by atoms with van der Waals surface area (Å²) in [6, 6.07) is 12.5. The Hall–Kier alpha value is -2.33. The minimum Gasteiger partial charge on any atom is -0.395 e. The maximum Gasteiger partial charge on any atom is 0.0604 e. The highest BCUT2D eigenvalue weighted by Gasteiger charge is 2.08. The zero-order valence-electron chi connectivity index (χ0n) is 11.4. The minimum absolute atomic E-state index is 0.109. The van der Waals surface area contributed by atoms with Gasteiger partial charge in [0.05, 0.1) is 18.0 Å². The molecule has 3 rings (SSSR count). The maximum atomic E-state index is 8.87. The lowest BCUT2D eigenvalue weighted by Gasteiger charge is -2.08. The summed E-state index contributed by atoms with van der Waals surface area (Å²) in [6.07, 6.45) is 3.63. The highest BCUT2D eigenvalue weighted by Crippen LogP contribution is 2.27. The van der Waals surface area contributed by atoms with Crippen LogP contribution in [0.15, 0.2) is 48.8 Å². The van der Waals surface area contributed by atoms with Gasteiger partial charge in [-0.3, -0.25) is 4.98 Å². The monoisotopic (exact) mass is 267 g/mol. The van der Waals surface area contributed by atoms with Gasteiger partial charge in [0.2, 0.25) is 0 Å². The number of para-hydroxylation sites is 1. The molecule has 102 valence electrons. The first-order valence-electron chi connectivity index (χ1n) is 6.64. The van der Waals surface area contributed by atoms with Crippen molar-refractivity contribution in [2.24, 2.45) is 7.05 Å². The summed E-state index contributed by atoms with van der Waals surface area (Å²) < 4.78 is 2.17. The van der Waals surface area contributed by atoms with Crippen LogP contribution in [-0.2, 0) is 7.05 Å². The lowest BCUT2D eigenvalue weighted by atomic mass is 10.2. The third-order valence-electron chi connectivity index (χ3n) is 3.43. The topological polar surface area (TPSA) is 50.1 Å². The van der Waals surface area contributed by atoms with Crippen molar-refractivity contribution in [2.75, 3.05) is 18.5 Å². The summed E-state index contributed by atoms with van der Waals surface area (Å²) in [5, 5.41) is 13.2. The SMILES string of the molecule is Cn1c(-c2cncc(NCCO)c2)cc2ccccc21. The second-order valence-corrected chi connectivity index (χ2v) is 4.76. The molecule has 0 unspecified atom stereocenters. The number of benzene rings is 1. The molecule has 2 aromatic heterocycles. The van der Waals surface area contributed by atoms with Crippen molar-refractivity contribution in [3.8, 4) is 11.3 Å². The van der Waals surface area contributed by atoms with E-state index in [1.807, 2.05) is 18.3 Å². The summed E-state index contributed by atoms with van der Waals surface area (Å²) in [7, 11) is 2.06. The molecular weight excluding hydrogens is 250 g/mol. The van der Waals surface area contributed by atoms with Crippen LogP contribution < -0.4 is 5.32 Å². The van der Waals surface area contributed by atoms with E-state index in [1.165, 1.54) is 10.9 Å². The molecule has 0 saturated carbocycles. The third kappa shape index (κ3) is 2.26. The largest absolute Gasteiger partial charge is 0.395 e. The van der Waals surface area contributed by atoms with Crippen LogP contribution in [0.3, 0.4) is 0 Å². The highest BCUT2D eigenvalue weighted by molar-refractivity contribution is 5.87. The van der Waals surface area contributed by atoms with E-state index in [0.29, 0.717) is 6.54 Å². The quantitative estimate of drug-likeness (QED) is 0.764. The molecule has 0 atom stereocenters. The number of hydrogen-bond acceptors (Lipinski definition) is 3. The van der Waals surface area contributed by atoms with E-state index in [2.05, 4.69) is 46.2 Å². The number of aromatic nitrogens is 2. The van der Waals surface area contributed by atoms with Gasteiger partial charge in [0.25, 0.3) is 0 Å². The number of nitrogens with zero attached hydrogens (tertiary/aromatic N) is 2. The molecule has 0 aliphatic heterocycles. The Labute approximate surface area is 117 Å². The van der Waals surface area contributed by atoms with Gasteiger partial charge < -0.3 is 15.0 Å². The second kappa shape index (κ2) is 5.35. The first-order chi connectivity index (χ1) is 9.79. The molecule has 20 heavy (non-hydrogen) atoms. The van der Waals surface area contributed by atoms with Crippen LogP contribution in [0, 0.1) is 0 Å². The number of aliphatic hydroxyl groups excluding tert-OH is 1. The van der Waals surface area contributed by atoms with Gasteiger partial charge in [-0.15, -0.1) is 0 Å². The zero-order chi connectivity index (χ0) is 13.9. The fourth-order valence-electron chi connectivity index (χ4n) is 2.44. The van der Waals surface area contributed by atoms with Crippen molar-refractivity contribution >= 4 is 16.6 Å². The molecular formula is C16H17N3O. The number of anilines is 1. The molecule has 2 N–H and O–H groups in total. The summed E-state index contributed by atoms with van der Waals surface area (Å²) >= 11 is 0. The maximum absolute atomic E-state index is 8.87. The standard InChI is InChI=1S/C16H17N3O/c1-19-15-5-3-2-4-12(15)9-16(19)13-8-14(11-17-10-13)18-6-7-20/h2-5,8-11,18,20H,6-7H2,1H3. The number of hydrogen-bond donors (Lipinski definition) is 2. The lowest BCUT2D eigenvalue weighted by molar-refractivity contribution is 0.311. The van der Waals surface area contributed by atoms with Crippen molar-refractivity contribution in [2.45, 2.75) is 0 Å². The summed E-state index contributed by atoms with van der Waals surface area (Å²) in [5.74, 6) is 0. The summed E-state index contributed by atoms with van der Waals surface area (Å²) in [4.78, 5) is 4.27. The van der Waals surface area contributed by atoms with E-state index in [-0.39, 0.29) is 6.61 Å². The van der Waals surface area contributed by atoms with Gasteiger partial charge in [-0.1, -0.05) is 18.2 Å². The van der Waals surface area contributed by atoms with Crippen LogP contribution in [0.25, 0.3) is 22.2 Å². The van der Waals surface area contributed by atoms with Gasteiger partial charge in [-0.05, 0) is 18.2 Å². The highest BCUT2D eigenvalue weighted by atomic mass is 16.3. The molecule has 0 spiro atoms. The van der Waals surface area contributed by atoms with Gasteiger partial charge in [0.15, 0.2) is 0 Å². The molecule has 4 nitrogen and oxygen atoms in total. The Bertz CT molecular complexity index is 733. The van der Waals surface area contributed by atoms with Gasteiger partial charge in [-0.2, -0.15) is 0 Å². The molecule has 0 aliphatic carbocycles. The molecule has 2 heterocycles. The molecule has 3 aromatic rings. The second-order valence-electron chi connectivity index (χ2n) is 4.76. The number of nitrogens with one attached hydrogen (secondary N) is 1. The molecule has 0 aliphatic rings. The average Bonchev–Trinajstić information content (AvgIpc) is 2.83. The van der Waals surface area contributed by atoms with E-state index in [1.54, 1.807) is 6.20 Å².